The minimum absolute atomic E-state index is 0.294. The van der Waals surface area contributed by atoms with Crippen molar-refractivity contribution in [3.8, 4) is 0 Å². The van der Waals surface area contributed by atoms with Crippen LogP contribution >= 0.6 is 0 Å². The first kappa shape index (κ1) is 29.9. The van der Waals surface area contributed by atoms with Gasteiger partial charge >= 0.3 is 0 Å². The van der Waals surface area contributed by atoms with E-state index in [0.717, 1.165) is 30.5 Å². The van der Waals surface area contributed by atoms with Gasteiger partial charge in [0.05, 0.1) is 0 Å². The zero-order valence-corrected chi connectivity index (χ0v) is 23.0. The van der Waals surface area contributed by atoms with E-state index in [4.69, 9.17) is 5.41 Å². The third-order valence-electron chi connectivity index (χ3n) is 8.40. The van der Waals surface area contributed by atoms with Gasteiger partial charge in [0, 0.05) is 11.6 Å². The number of rotatable bonds is 15. The lowest BCUT2D eigenvalue weighted by Crippen LogP contribution is -2.33. The molecule has 4 unspecified atom stereocenters. The molecule has 0 aromatic heterocycles. The summed E-state index contributed by atoms with van der Waals surface area (Å²) in [6.07, 6.45) is 11.1. The zero-order chi connectivity index (χ0) is 24.4. The monoisotopic (exact) mass is 429 g/mol. The molecule has 0 spiro atoms. The average Bonchev–Trinajstić information content (AvgIpc) is 2.73. The van der Waals surface area contributed by atoms with Crippen molar-refractivity contribution in [3.63, 3.8) is 0 Å². The molecule has 0 aliphatic heterocycles. The number of allylic oxidation sites excluding steroid dienone is 5. The van der Waals surface area contributed by atoms with Crippen LogP contribution in [-0.2, 0) is 0 Å². The summed E-state index contributed by atoms with van der Waals surface area (Å²) < 4.78 is 0. The highest BCUT2D eigenvalue weighted by Gasteiger charge is 2.33. The molecular weight excluding hydrogens is 374 g/mol. The van der Waals surface area contributed by atoms with Crippen LogP contribution in [0.25, 0.3) is 0 Å². The summed E-state index contributed by atoms with van der Waals surface area (Å²) in [4.78, 5) is 0. The molecule has 0 aromatic rings. The Morgan fingerprint density at radius 1 is 0.839 bits per heavy atom. The molecule has 31 heavy (non-hydrogen) atoms. The molecule has 0 rings (SSSR count). The van der Waals surface area contributed by atoms with Gasteiger partial charge < -0.3 is 5.41 Å². The van der Waals surface area contributed by atoms with E-state index in [1.807, 2.05) is 0 Å². The quantitative estimate of drug-likeness (QED) is 0.198. The van der Waals surface area contributed by atoms with Crippen molar-refractivity contribution in [2.24, 2.45) is 35.0 Å². The maximum Gasteiger partial charge on any atom is 0.0376 e. The summed E-state index contributed by atoms with van der Waals surface area (Å²) in [6, 6.07) is 0. The highest BCUT2D eigenvalue weighted by atomic mass is 14.5. The Morgan fingerprint density at radius 2 is 1.35 bits per heavy atom. The Bertz CT molecular complexity index is 616. The molecule has 0 aliphatic carbocycles. The molecule has 1 nitrogen and oxygen atoms in total. The van der Waals surface area contributed by atoms with Crippen LogP contribution in [-0.4, -0.2) is 5.71 Å². The van der Waals surface area contributed by atoms with E-state index in [9.17, 15) is 0 Å². The van der Waals surface area contributed by atoms with Gasteiger partial charge in [-0.05, 0) is 101 Å². The lowest BCUT2D eigenvalue weighted by atomic mass is 9.68. The van der Waals surface area contributed by atoms with E-state index in [1.165, 1.54) is 30.4 Å². The van der Waals surface area contributed by atoms with Gasteiger partial charge in [-0.1, -0.05) is 78.3 Å². The Kier molecular flexibility index (Phi) is 13.6. The second kappa shape index (κ2) is 14.1. The van der Waals surface area contributed by atoms with E-state index in [2.05, 4.69) is 94.9 Å². The topological polar surface area (TPSA) is 23.9 Å². The van der Waals surface area contributed by atoms with E-state index in [1.54, 1.807) is 0 Å². The van der Waals surface area contributed by atoms with Gasteiger partial charge in [-0.15, -0.1) is 0 Å². The predicted molar refractivity (Wildman–Crippen MR) is 143 cm³/mol. The van der Waals surface area contributed by atoms with Gasteiger partial charge in [-0.3, -0.25) is 0 Å². The molecule has 0 fully saturated rings. The maximum atomic E-state index is 9.15. The summed E-state index contributed by atoms with van der Waals surface area (Å²) in [5, 5.41) is 9.15. The van der Waals surface area contributed by atoms with E-state index < -0.39 is 0 Å². The van der Waals surface area contributed by atoms with Gasteiger partial charge in [0.1, 0.15) is 0 Å². The third kappa shape index (κ3) is 10.4. The molecule has 0 aromatic carbocycles. The molecule has 0 saturated heterocycles. The van der Waals surface area contributed by atoms with E-state index >= 15 is 0 Å². The van der Waals surface area contributed by atoms with Crippen LogP contribution in [0.5, 0.6) is 0 Å². The molecule has 0 amide bonds. The van der Waals surface area contributed by atoms with Gasteiger partial charge in [-0.25, -0.2) is 0 Å². The first-order valence-corrected chi connectivity index (χ1v) is 12.8. The van der Waals surface area contributed by atoms with Crippen molar-refractivity contribution in [2.75, 3.05) is 0 Å². The highest BCUT2D eigenvalue weighted by Crippen LogP contribution is 2.39. The van der Waals surface area contributed by atoms with Crippen molar-refractivity contribution in [1.82, 2.24) is 0 Å². The van der Waals surface area contributed by atoms with Crippen LogP contribution in [0.1, 0.15) is 115 Å². The molecule has 0 radical (unpaired) electrons. The van der Waals surface area contributed by atoms with E-state index in [-0.39, 0.29) is 0 Å². The highest BCUT2D eigenvalue weighted by molar-refractivity contribution is 5.99. The van der Waals surface area contributed by atoms with Gasteiger partial charge in [0.2, 0.25) is 0 Å². The Morgan fingerprint density at radius 3 is 1.84 bits per heavy atom. The summed E-state index contributed by atoms with van der Waals surface area (Å²) in [6.45, 7) is 29.7. The third-order valence-corrected chi connectivity index (χ3v) is 8.40. The Balaban J connectivity index is 5.52. The van der Waals surface area contributed by atoms with Crippen LogP contribution in [0.15, 0.2) is 35.5 Å². The average molecular weight is 430 g/mol. The number of nitrogens with one attached hydrogen (secondary N) is 1. The van der Waals surface area contributed by atoms with Crippen LogP contribution in [0, 0.1) is 40.4 Å². The summed E-state index contributed by atoms with van der Waals surface area (Å²) >= 11 is 0. The lowest BCUT2D eigenvalue weighted by molar-refractivity contribution is 0.180. The first-order valence-electron chi connectivity index (χ1n) is 12.8. The summed E-state index contributed by atoms with van der Waals surface area (Å²) in [7, 11) is 0. The van der Waals surface area contributed by atoms with Crippen molar-refractivity contribution >= 4 is 5.71 Å². The summed E-state index contributed by atoms with van der Waals surface area (Å²) in [5.41, 5.74) is 5.08. The van der Waals surface area contributed by atoms with Gasteiger partial charge in [0.25, 0.3) is 0 Å². The molecule has 0 aliphatic rings. The van der Waals surface area contributed by atoms with Crippen molar-refractivity contribution in [2.45, 2.75) is 115 Å². The predicted octanol–water partition coefficient (Wildman–Crippen LogP) is 10.0. The summed E-state index contributed by atoms with van der Waals surface area (Å²) in [5.74, 6) is 2.57. The maximum absolute atomic E-state index is 9.15. The van der Waals surface area contributed by atoms with Crippen molar-refractivity contribution in [1.29, 1.82) is 5.41 Å². The fraction of sp³-hybridized carbons (Fsp3) is 0.767. The molecule has 180 valence electrons. The smallest absolute Gasteiger partial charge is 0.0376 e. The molecule has 1 N–H and O–H groups in total. The Hall–Kier alpha value is -1.11. The van der Waals surface area contributed by atoms with Crippen LogP contribution in [0.3, 0.4) is 0 Å². The minimum atomic E-state index is 0.294. The molecule has 1 heteroatoms. The standard InChI is InChI=1S/C30H55N/c1-13-22(5)15-17-24(7)27(10)28(25(8)19-20-30(11,12)21(3)4)29(31)26(9)18-16-23(6)14-2/h13-14,21,24-25,27-28,31H,9,15-20H2,1-8,10-12H3. The van der Waals surface area contributed by atoms with Crippen LogP contribution < -0.4 is 0 Å². The van der Waals surface area contributed by atoms with Crippen LogP contribution in [0.4, 0.5) is 0 Å². The zero-order valence-electron chi connectivity index (χ0n) is 23.0. The van der Waals surface area contributed by atoms with Crippen molar-refractivity contribution < 1.29 is 0 Å². The fourth-order valence-electron chi connectivity index (χ4n) is 4.21. The molecule has 4 atom stereocenters. The molecular formula is C30H55N. The lowest BCUT2D eigenvalue weighted by Gasteiger charge is -2.37. The second-order valence-corrected chi connectivity index (χ2v) is 11.3. The normalized spacial score (nSPS) is 17.4. The minimum Gasteiger partial charge on any atom is -0.305 e. The van der Waals surface area contributed by atoms with Crippen molar-refractivity contribution in [3.05, 3.63) is 35.5 Å². The molecule has 0 saturated carbocycles. The van der Waals surface area contributed by atoms with Crippen LogP contribution in [0.2, 0.25) is 0 Å². The molecule has 0 heterocycles. The number of hydrogen-bond donors (Lipinski definition) is 1. The largest absolute Gasteiger partial charge is 0.305 e. The SMILES string of the molecule is C=C(CCC(C)=CC)C(=N)C(C(C)CCC(C)(C)C(C)C)C(C)C(C)CCC(C)=CC. The van der Waals surface area contributed by atoms with Gasteiger partial charge in [0.15, 0.2) is 0 Å². The van der Waals surface area contributed by atoms with Gasteiger partial charge in [-0.2, -0.15) is 0 Å². The number of hydrogen-bond acceptors (Lipinski definition) is 1. The first-order chi connectivity index (χ1) is 14.3. The Labute approximate surface area is 196 Å². The molecule has 0 bridgehead atoms. The fourth-order valence-corrected chi connectivity index (χ4v) is 4.21. The second-order valence-electron chi connectivity index (χ2n) is 11.3. The van der Waals surface area contributed by atoms with E-state index in [0.29, 0.717) is 35.0 Å².